The average molecular weight is 338 g/mol. The first-order chi connectivity index (χ1) is 12.1. The van der Waals surface area contributed by atoms with Gasteiger partial charge >= 0.3 is 0 Å². The number of nitrogens with zero attached hydrogens (tertiary/aromatic N) is 1. The Labute approximate surface area is 151 Å². The Bertz CT molecular complexity index is 674. The third-order valence-corrected chi connectivity index (χ3v) is 7.84. The molecule has 5 aliphatic rings. The van der Waals surface area contributed by atoms with Crippen LogP contribution in [0.3, 0.4) is 0 Å². The van der Waals surface area contributed by atoms with Crippen LogP contribution in [0.4, 0.5) is 0 Å². The van der Waals surface area contributed by atoms with Gasteiger partial charge in [0, 0.05) is 19.0 Å². The molecule has 1 saturated heterocycles. The first-order valence-corrected chi connectivity index (χ1v) is 10.1. The standard InChI is InChI=1S/C22H30N2O/c1-24-8-7-19(14-24)23-20(25)13-22-11-16-9-18(22)12-21(10-16,15-22)17-5-3-2-4-6-17/h2-6,16,18-19H,7-15H2,1H3,(H,23,25)/t16?,18?,19-,21?,22?/m1/s1. The molecule has 1 aromatic carbocycles. The van der Waals surface area contributed by atoms with E-state index in [1.54, 1.807) is 0 Å². The molecule has 0 radical (unpaired) electrons. The van der Waals surface area contributed by atoms with Gasteiger partial charge in [0.2, 0.25) is 5.91 Å². The van der Waals surface area contributed by atoms with Crippen molar-refractivity contribution in [3.8, 4) is 0 Å². The highest BCUT2D eigenvalue weighted by molar-refractivity contribution is 5.77. The Hall–Kier alpha value is -1.35. The summed E-state index contributed by atoms with van der Waals surface area (Å²) in [4.78, 5) is 15.1. The zero-order chi connectivity index (χ0) is 17.1. The van der Waals surface area contributed by atoms with Crippen LogP contribution in [0, 0.1) is 17.3 Å². The van der Waals surface area contributed by atoms with Gasteiger partial charge in [0.25, 0.3) is 0 Å². The summed E-state index contributed by atoms with van der Waals surface area (Å²) in [6.07, 6.45) is 8.44. The lowest BCUT2D eigenvalue weighted by molar-refractivity contribution is -0.124. The molecule has 4 unspecified atom stereocenters. The summed E-state index contributed by atoms with van der Waals surface area (Å²) >= 11 is 0. The Morgan fingerprint density at radius 1 is 1.24 bits per heavy atom. The molecule has 0 aromatic heterocycles. The fourth-order valence-corrected chi connectivity index (χ4v) is 7.13. The predicted octanol–water partition coefficient (Wildman–Crippen LogP) is 3.34. The van der Waals surface area contributed by atoms with Crippen LogP contribution in [0.1, 0.15) is 50.5 Å². The van der Waals surface area contributed by atoms with Gasteiger partial charge in [-0.25, -0.2) is 0 Å². The third-order valence-electron chi connectivity index (χ3n) is 7.84. The molecular formula is C22H30N2O. The zero-order valence-electron chi connectivity index (χ0n) is 15.3. The Balaban J connectivity index is 1.33. The van der Waals surface area contributed by atoms with Gasteiger partial charge in [0.1, 0.15) is 0 Å². The highest BCUT2D eigenvalue weighted by Crippen LogP contribution is 2.71. The molecule has 1 aliphatic heterocycles. The van der Waals surface area contributed by atoms with E-state index in [-0.39, 0.29) is 5.41 Å². The zero-order valence-corrected chi connectivity index (χ0v) is 15.3. The molecule has 0 spiro atoms. The number of hydrogen-bond donors (Lipinski definition) is 1. The largest absolute Gasteiger partial charge is 0.352 e. The number of rotatable bonds is 4. The van der Waals surface area contributed by atoms with Crippen LogP contribution in [0.15, 0.2) is 30.3 Å². The van der Waals surface area contributed by atoms with E-state index in [1.165, 1.54) is 37.7 Å². The van der Waals surface area contributed by atoms with Gasteiger partial charge in [-0.15, -0.1) is 0 Å². The highest BCUT2D eigenvalue weighted by atomic mass is 16.1. The van der Waals surface area contributed by atoms with Crippen molar-refractivity contribution in [2.24, 2.45) is 17.3 Å². The van der Waals surface area contributed by atoms with Crippen LogP contribution in [0.2, 0.25) is 0 Å². The molecule has 1 N–H and O–H groups in total. The number of benzene rings is 1. The van der Waals surface area contributed by atoms with Gasteiger partial charge in [0.15, 0.2) is 0 Å². The minimum Gasteiger partial charge on any atom is -0.352 e. The molecule has 4 aliphatic carbocycles. The second-order valence-electron chi connectivity index (χ2n) is 9.59. The van der Waals surface area contributed by atoms with Crippen molar-refractivity contribution >= 4 is 5.91 Å². The molecule has 5 atom stereocenters. The number of likely N-dealkylation sites (tertiary alicyclic amines) is 1. The van der Waals surface area contributed by atoms with E-state index in [0.29, 0.717) is 17.4 Å². The van der Waals surface area contributed by atoms with Crippen molar-refractivity contribution in [1.82, 2.24) is 10.2 Å². The monoisotopic (exact) mass is 338 g/mol. The van der Waals surface area contributed by atoms with E-state index in [4.69, 9.17) is 0 Å². The molecular weight excluding hydrogens is 308 g/mol. The highest BCUT2D eigenvalue weighted by Gasteiger charge is 2.64. The molecule has 5 fully saturated rings. The van der Waals surface area contributed by atoms with Crippen LogP contribution in [0.5, 0.6) is 0 Å². The van der Waals surface area contributed by atoms with Crippen molar-refractivity contribution in [3.05, 3.63) is 35.9 Å². The summed E-state index contributed by atoms with van der Waals surface area (Å²) in [6, 6.07) is 11.5. The molecule has 4 bridgehead atoms. The van der Waals surface area contributed by atoms with E-state index >= 15 is 0 Å². The molecule has 1 amide bonds. The number of likely N-dealkylation sites (N-methyl/N-ethyl adjacent to an activating group) is 1. The molecule has 1 aromatic rings. The summed E-state index contributed by atoms with van der Waals surface area (Å²) in [7, 11) is 2.14. The Morgan fingerprint density at radius 2 is 2.08 bits per heavy atom. The summed E-state index contributed by atoms with van der Waals surface area (Å²) in [6.45, 7) is 2.12. The number of carbonyl (C=O) groups is 1. The number of amides is 1. The van der Waals surface area contributed by atoms with E-state index in [9.17, 15) is 4.79 Å². The maximum absolute atomic E-state index is 12.8. The van der Waals surface area contributed by atoms with Crippen LogP contribution < -0.4 is 5.32 Å². The Morgan fingerprint density at radius 3 is 2.84 bits per heavy atom. The van der Waals surface area contributed by atoms with E-state index < -0.39 is 0 Å². The quantitative estimate of drug-likeness (QED) is 0.913. The Kier molecular flexibility index (Phi) is 3.54. The van der Waals surface area contributed by atoms with Crippen LogP contribution in [-0.4, -0.2) is 37.0 Å². The van der Waals surface area contributed by atoms with Crippen LogP contribution in [-0.2, 0) is 10.2 Å². The summed E-state index contributed by atoms with van der Waals surface area (Å²) in [5.41, 5.74) is 2.18. The molecule has 134 valence electrons. The second kappa shape index (κ2) is 5.57. The van der Waals surface area contributed by atoms with Gasteiger partial charge in [-0.2, -0.15) is 0 Å². The van der Waals surface area contributed by atoms with Crippen molar-refractivity contribution in [2.45, 2.75) is 56.4 Å². The van der Waals surface area contributed by atoms with Crippen molar-refractivity contribution in [2.75, 3.05) is 20.1 Å². The maximum Gasteiger partial charge on any atom is 0.220 e. The predicted molar refractivity (Wildman–Crippen MR) is 99.3 cm³/mol. The van der Waals surface area contributed by atoms with Gasteiger partial charge in [-0.05, 0) is 80.3 Å². The van der Waals surface area contributed by atoms with Crippen LogP contribution in [0.25, 0.3) is 0 Å². The van der Waals surface area contributed by atoms with Crippen molar-refractivity contribution in [1.29, 1.82) is 0 Å². The van der Waals surface area contributed by atoms with Crippen molar-refractivity contribution in [3.63, 3.8) is 0 Å². The smallest absolute Gasteiger partial charge is 0.220 e. The number of hydrogen-bond acceptors (Lipinski definition) is 2. The fraction of sp³-hybridized carbons (Fsp3) is 0.682. The summed E-state index contributed by atoms with van der Waals surface area (Å²) in [5.74, 6) is 1.93. The minimum absolute atomic E-state index is 0.285. The van der Waals surface area contributed by atoms with Crippen LogP contribution >= 0.6 is 0 Å². The van der Waals surface area contributed by atoms with Gasteiger partial charge in [-0.3, -0.25) is 4.79 Å². The summed E-state index contributed by atoms with van der Waals surface area (Å²) in [5, 5.41) is 3.34. The first-order valence-electron chi connectivity index (χ1n) is 10.1. The lowest BCUT2D eigenvalue weighted by Gasteiger charge is -2.41. The van der Waals surface area contributed by atoms with E-state index in [2.05, 4.69) is 47.6 Å². The minimum atomic E-state index is 0.285. The van der Waals surface area contributed by atoms with Gasteiger partial charge in [-0.1, -0.05) is 30.3 Å². The normalized spacial score (nSPS) is 42.2. The number of carbonyl (C=O) groups excluding carboxylic acids is 1. The molecule has 6 rings (SSSR count). The maximum atomic E-state index is 12.8. The third kappa shape index (κ3) is 2.54. The molecule has 25 heavy (non-hydrogen) atoms. The van der Waals surface area contributed by atoms with Gasteiger partial charge in [0.05, 0.1) is 0 Å². The lowest BCUT2D eigenvalue weighted by Crippen LogP contribution is -2.41. The topological polar surface area (TPSA) is 32.3 Å². The fourth-order valence-electron chi connectivity index (χ4n) is 7.13. The second-order valence-corrected chi connectivity index (χ2v) is 9.59. The van der Waals surface area contributed by atoms with E-state index in [1.807, 2.05) is 0 Å². The van der Waals surface area contributed by atoms with E-state index in [0.717, 1.165) is 37.8 Å². The molecule has 3 nitrogen and oxygen atoms in total. The van der Waals surface area contributed by atoms with Crippen molar-refractivity contribution < 1.29 is 4.79 Å². The molecule has 4 saturated carbocycles. The van der Waals surface area contributed by atoms with Gasteiger partial charge < -0.3 is 10.2 Å². The summed E-state index contributed by atoms with van der Waals surface area (Å²) < 4.78 is 0. The molecule has 1 heterocycles. The molecule has 3 heteroatoms. The average Bonchev–Trinajstić information content (AvgIpc) is 3.16. The lowest BCUT2D eigenvalue weighted by atomic mass is 9.63. The first kappa shape index (κ1) is 15.9. The SMILES string of the molecule is CN1CC[C@@H](NC(=O)CC23CC4CC2CC(c2ccccc2)(C4)C3)C1. The number of nitrogens with one attached hydrogen (secondary N) is 1.